The molecule has 4 heteroatoms. The van der Waals surface area contributed by atoms with Crippen LogP contribution in [0.15, 0.2) is 0 Å². The molecule has 0 saturated heterocycles. The largest absolute Gasteiger partial charge is 0.481 e. The first-order valence-electron chi connectivity index (χ1n) is 11.0. The topological polar surface area (TPSA) is 63.6 Å². The van der Waals surface area contributed by atoms with Crippen molar-refractivity contribution in [3.63, 3.8) is 0 Å². The lowest BCUT2D eigenvalue weighted by molar-refractivity contribution is -0.151. The summed E-state index contributed by atoms with van der Waals surface area (Å²) in [6, 6.07) is 0. The van der Waals surface area contributed by atoms with Gasteiger partial charge in [0.05, 0.1) is 18.9 Å². The zero-order valence-electron chi connectivity index (χ0n) is 17.3. The zero-order chi connectivity index (χ0) is 19.5. The molecule has 0 aromatic heterocycles. The van der Waals surface area contributed by atoms with E-state index in [1.54, 1.807) is 0 Å². The van der Waals surface area contributed by atoms with Crippen LogP contribution in [0, 0.1) is 0 Å². The summed E-state index contributed by atoms with van der Waals surface area (Å²) in [6.07, 6.45) is 19.3. The fourth-order valence-corrected chi connectivity index (χ4v) is 3.18. The van der Waals surface area contributed by atoms with E-state index in [0.717, 1.165) is 12.8 Å². The van der Waals surface area contributed by atoms with Crippen LogP contribution in [-0.2, 0) is 14.3 Å². The molecule has 0 aromatic carbocycles. The maximum Gasteiger partial charge on any atom is 0.306 e. The molecule has 0 saturated carbocycles. The van der Waals surface area contributed by atoms with Crippen molar-refractivity contribution in [1.82, 2.24) is 0 Å². The molecule has 0 amide bonds. The molecule has 0 aliphatic heterocycles. The van der Waals surface area contributed by atoms with E-state index < -0.39 is 11.9 Å². The predicted octanol–water partition coefficient (Wildman–Crippen LogP) is 6.65. The van der Waals surface area contributed by atoms with Crippen LogP contribution >= 0.6 is 0 Å². The fraction of sp³-hybridized carbons (Fsp3) is 0.909. The lowest BCUT2D eigenvalue weighted by Crippen LogP contribution is -2.15. The molecular formula is C22H42O4. The van der Waals surface area contributed by atoms with Crippen LogP contribution in [0.4, 0.5) is 0 Å². The number of carbonyl (C=O) groups is 2. The number of ether oxygens (including phenoxy) is 1. The number of carboxylic acid groups (broad SMARTS) is 1. The Hall–Kier alpha value is -1.06. The Morgan fingerprint density at radius 2 is 1.15 bits per heavy atom. The zero-order valence-corrected chi connectivity index (χ0v) is 17.3. The van der Waals surface area contributed by atoms with Crippen LogP contribution in [-0.4, -0.2) is 23.1 Å². The highest BCUT2D eigenvalue weighted by Crippen LogP contribution is 2.14. The molecule has 0 spiro atoms. The summed E-state index contributed by atoms with van der Waals surface area (Å²) >= 11 is 0. The first kappa shape index (κ1) is 24.9. The van der Waals surface area contributed by atoms with E-state index in [0.29, 0.717) is 0 Å². The van der Waals surface area contributed by atoms with E-state index in [1.165, 1.54) is 83.5 Å². The maximum atomic E-state index is 11.4. The van der Waals surface area contributed by atoms with Gasteiger partial charge in [-0.1, -0.05) is 90.4 Å². The molecule has 1 unspecified atom stereocenters. The second-order valence-corrected chi connectivity index (χ2v) is 7.58. The van der Waals surface area contributed by atoms with Crippen molar-refractivity contribution in [2.75, 3.05) is 0 Å². The Bertz CT molecular complexity index is 341. The van der Waals surface area contributed by atoms with Gasteiger partial charge >= 0.3 is 11.9 Å². The lowest BCUT2D eigenvalue weighted by Gasteiger charge is -2.12. The molecule has 0 radical (unpaired) electrons. The van der Waals surface area contributed by atoms with Gasteiger partial charge in [0.1, 0.15) is 0 Å². The van der Waals surface area contributed by atoms with Gasteiger partial charge < -0.3 is 9.84 Å². The van der Waals surface area contributed by atoms with Crippen molar-refractivity contribution in [3.05, 3.63) is 0 Å². The Labute approximate surface area is 161 Å². The average Bonchev–Trinajstić information content (AvgIpc) is 2.60. The van der Waals surface area contributed by atoms with Crippen LogP contribution < -0.4 is 0 Å². The molecule has 26 heavy (non-hydrogen) atoms. The number of rotatable bonds is 19. The van der Waals surface area contributed by atoms with Crippen molar-refractivity contribution in [2.45, 2.75) is 129 Å². The van der Waals surface area contributed by atoms with E-state index in [-0.39, 0.29) is 18.9 Å². The van der Waals surface area contributed by atoms with Crippen molar-refractivity contribution in [1.29, 1.82) is 0 Å². The molecule has 4 nitrogen and oxygen atoms in total. The third-order valence-electron chi connectivity index (χ3n) is 4.84. The van der Waals surface area contributed by atoms with E-state index in [1.807, 2.05) is 6.92 Å². The van der Waals surface area contributed by atoms with E-state index >= 15 is 0 Å². The SMILES string of the molecule is CCCCCCCCCCCCCCCCC(C)OC(=O)CCC(=O)O. The summed E-state index contributed by atoms with van der Waals surface area (Å²) in [7, 11) is 0. The van der Waals surface area contributed by atoms with Gasteiger partial charge in [0.2, 0.25) is 0 Å². The number of hydrogen-bond acceptors (Lipinski definition) is 3. The lowest BCUT2D eigenvalue weighted by atomic mass is 10.0. The second kappa shape index (κ2) is 18.7. The predicted molar refractivity (Wildman–Crippen MR) is 107 cm³/mol. The van der Waals surface area contributed by atoms with Gasteiger partial charge in [0, 0.05) is 0 Å². The van der Waals surface area contributed by atoms with Crippen LogP contribution in [0.3, 0.4) is 0 Å². The Balaban J connectivity index is 3.25. The minimum atomic E-state index is -0.957. The minimum absolute atomic E-state index is 0.0294. The van der Waals surface area contributed by atoms with E-state index in [4.69, 9.17) is 9.84 Å². The molecule has 0 heterocycles. The van der Waals surface area contributed by atoms with Crippen LogP contribution in [0.25, 0.3) is 0 Å². The summed E-state index contributed by atoms with van der Waals surface area (Å²) in [5, 5.41) is 8.53. The second-order valence-electron chi connectivity index (χ2n) is 7.58. The van der Waals surface area contributed by atoms with Gasteiger partial charge in [0.15, 0.2) is 0 Å². The molecule has 1 N–H and O–H groups in total. The monoisotopic (exact) mass is 370 g/mol. The number of carbonyl (C=O) groups excluding carboxylic acids is 1. The Morgan fingerprint density at radius 3 is 1.58 bits per heavy atom. The number of unbranched alkanes of at least 4 members (excludes halogenated alkanes) is 13. The first-order chi connectivity index (χ1) is 12.6. The van der Waals surface area contributed by atoms with Crippen LogP contribution in [0.1, 0.15) is 123 Å². The van der Waals surface area contributed by atoms with Crippen molar-refractivity contribution >= 4 is 11.9 Å². The molecule has 0 rings (SSSR count). The molecule has 1 atom stereocenters. The Morgan fingerprint density at radius 1 is 0.731 bits per heavy atom. The van der Waals surface area contributed by atoms with Gasteiger partial charge in [0.25, 0.3) is 0 Å². The van der Waals surface area contributed by atoms with Gasteiger partial charge in [-0.05, 0) is 19.8 Å². The normalized spacial score (nSPS) is 12.1. The summed E-state index contributed by atoms with van der Waals surface area (Å²) in [5.41, 5.74) is 0. The van der Waals surface area contributed by atoms with Crippen molar-refractivity contribution in [3.8, 4) is 0 Å². The molecule has 0 aromatic rings. The number of carboxylic acids is 1. The van der Waals surface area contributed by atoms with Gasteiger partial charge in [-0.2, -0.15) is 0 Å². The minimum Gasteiger partial charge on any atom is -0.481 e. The standard InChI is InChI=1S/C22H42O4/c1-3-4-5-6-7-8-9-10-11-12-13-14-15-16-17-20(2)26-22(25)19-18-21(23)24/h20H,3-19H2,1-2H3,(H,23,24). The quantitative estimate of drug-likeness (QED) is 0.204. The van der Waals surface area contributed by atoms with Crippen LogP contribution in [0.5, 0.6) is 0 Å². The number of aliphatic carboxylic acids is 1. The number of esters is 1. The molecule has 0 bridgehead atoms. The summed E-state index contributed by atoms with van der Waals surface area (Å²) in [4.78, 5) is 21.8. The van der Waals surface area contributed by atoms with Gasteiger partial charge in [-0.25, -0.2) is 0 Å². The number of hydrogen-bond donors (Lipinski definition) is 1. The maximum absolute atomic E-state index is 11.4. The fourth-order valence-electron chi connectivity index (χ4n) is 3.18. The van der Waals surface area contributed by atoms with Gasteiger partial charge in [-0.3, -0.25) is 9.59 Å². The highest BCUT2D eigenvalue weighted by Gasteiger charge is 2.10. The highest BCUT2D eigenvalue weighted by atomic mass is 16.5. The highest BCUT2D eigenvalue weighted by molar-refractivity contribution is 5.76. The first-order valence-corrected chi connectivity index (χ1v) is 11.0. The molecule has 0 aliphatic carbocycles. The third-order valence-corrected chi connectivity index (χ3v) is 4.84. The Kier molecular flexibility index (Phi) is 18.0. The summed E-state index contributed by atoms with van der Waals surface area (Å²) < 4.78 is 5.21. The molecule has 0 aliphatic rings. The molecule has 0 fully saturated rings. The van der Waals surface area contributed by atoms with Crippen molar-refractivity contribution < 1.29 is 19.4 Å². The van der Waals surface area contributed by atoms with Crippen molar-refractivity contribution in [2.24, 2.45) is 0 Å². The third kappa shape index (κ3) is 19.3. The molecular weight excluding hydrogens is 328 g/mol. The summed E-state index contributed by atoms with van der Waals surface area (Å²) in [6.45, 7) is 4.15. The molecule has 154 valence electrons. The summed E-state index contributed by atoms with van der Waals surface area (Å²) in [5.74, 6) is -1.35. The van der Waals surface area contributed by atoms with Crippen LogP contribution in [0.2, 0.25) is 0 Å². The van der Waals surface area contributed by atoms with E-state index in [2.05, 4.69) is 6.92 Å². The smallest absolute Gasteiger partial charge is 0.306 e. The van der Waals surface area contributed by atoms with E-state index in [9.17, 15) is 9.59 Å². The average molecular weight is 371 g/mol. The van der Waals surface area contributed by atoms with Gasteiger partial charge in [-0.15, -0.1) is 0 Å².